The summed E-state index contributed by atoms with van der Waals surface area (Å²) in [6, 6.07) is 3.90. The molecule has 0 spiro atoms. The number of hydrogen-bond acceptors (Lipinski definition) is 4. The second-order valence-corrected chi connectivity index (χ2v) is 4.02. The molecule has 15 heavy (non-hydrogen) atoms. The van der Waals surface area contributed by atoms with Crippen LogP contribution in [-0.4, -0.2) is 35.0 Å². The van der Waals surface area contributed by atoms with Gasteiger partial charge in [-0.15, -0.1) is 0 Å². The van der Waals surface area contributed by atoms with E-state index in [1.165, 1.54) is 6.42 Å². The van der Waals surface area contributed by atoms with E-state index in [0.29, 0.717) is 5.92 Å². The van der Waals surface area contributed by atoms with Gasteiger partial charge in [-0.2, -0.15) is 5.26 Å². The molecule has 4 heteroatoms. The summed E-state index contributed by atoms with van der Waals surface area (Å²) in [5.41, 5.74) is 1.01. The normalized spacial score (nSPS) is 22.3. The molecule has 1 aliphatic heterocycles. The van der Waals surface area contributed by atoms with Gasteiger partial charge in [-0.05, 0) is 32.5 Å². The van der Waals surface area contributed by atoms with Crippen molar-refractivity contribution in [2.24, 2.45) is 0 Å². The number of hydrogen-bond donors (Lipinski definition) is 0. The molecule has 1 atom stereocenters. The first-order valence-electron chi connectivity index (χ1n) is 5.21. The van der Waals surface area contributed by atoms with Gasteiger partial charge in [0.05, 0.1) is 0 Å². The zero-order valence-corrected chi connectivity index (χ0v) is 8.85. The molecule has 0 aromatic carbocycles. The van der Waals surface area contributed by atoms with E-state index in [-0.39, 0.29) is 5.82 Å². The lowest BCUT2D eigenvalue weighted by molar-refractivity contribution is 0.248. The van der Waals surface area contributed by atoms with Gasteiger partial charge in [-0.3, -0.25) is 0 Å². The van der Waals surface area contributed by atoms with Gasteiger partial charge in [0, 0.05) is 24.4 Å². The van der Waals surface area contributed by atoms with Crippen LogP contribution in [0.3, 0.4) is 0 Å². The SMILES string of the molecule is CN1CCCC(c2ccnc(C#N)n2)C1. The highest BCUT2D eigenvalue weighted by atomic mass is 15.1. The van der Waals surface area contributed by atoms with Crippen LogP contribution in [0.5, 0.6) is 0 Å². The van der Waals surface area contributed by atoms with Gasteiger partial charge < -0.3 is 4.90 Å². The first kappa shape index (κ1) is 10.1. The van der Waals surface area contributed by atoms with Crippen LogP contribution in [0.4, 0.5) is 0 Å². The first-order chi connectivity index (χ1) is 7.29. The standard InChI is InChI=1S/C11H14N4/c1-15-6-2-3-9(8-15)10-4-5-13-11(7-12)14-10/h4-5,9H,2-3,6,8H2,1H3. The number of likely N-dealkylation sites (N-methyl/N-ethyl adjacent to an activating group) is 1. The summed E-state index contributed by atoms with van der Waals surface area (Å²) in [6.45, 7) is 2.19. The molecule has 1 fully saturated rings. The number of nitrogens with zero attached hydrogens (tertiary/aromatic N) is 4. The Labute approximate surface area is 89.6 Å². The molecule has 1 unspecified atom stereocenters. The smallest absolute Gasteiger partial charge is 0.232 e. The molecule has 78 valence electrons. The van der Waals surface area contributed by atoms with Crippen molar-refractivity contribution in [1.29, 1.82) is 5.26 Å². The van der Waals surface area contributed by atoms with Gasteiger partial charge in [0.25, 0.3) is 0 Å². The highest BCUT2D eigenvalue weighted by Crippen LogP contribution is 2.24. The maximum absolute atomic E-state index is 8.73. The topological polar surface area (TPSA) is 52.8 Å². The molecule has 0 radical (unpaired) electrons. The highest BCUT2D eigenvalue weighted by Gasteiger charge is 2.20. The van der Waals surface area contributed by atoms with E-state index >= 15 is 0 Å². The summed E-state index contributed by atoms with van der Waals surface area (Å²) in [5.74, 6) is 0.736. The molecule has 1 saturated heterocycles. The lowest BCUT2D eigenvalue weighted by Gasteiger charge is -2.29. The molecule has 4 nitrogen and oxygen atoms in total. The van der Waals surface area contributed by atoms with E-state index < -0.39 is 0 Å². The first-order valence-corrected chi connectivity index (χ1v) is 5.21. The van der Waals surface area contributed by atoms with Crippen LogP contribution < -0.4 is 0 Å². The fourth-order valence-electron chi connectivity index (χ4n) is 2.06. The fraction of sp³-hybridized carbons (Fsp3) is 0.545. The third-order valence-electron chi connectivity index (χ3n) is 2.82. The van der Waals surface area contributed by atoms with Crippen LogP contribution in [0.25, 0.3) is 0 Å². The summed E-state index contributed by atoms with van der Waals surface area (Å²) in [6.07, 6.45) is 4.04. The molecule has 0 saturated carbocycles. The molecule has 1 aromatic rings. The molecule has 0 aliphatic carbocycles. The second kappa shape index (κ2) is 4.37. The lowest BCUT2D eigenvalue weighted by atomic mass is 9.95. The van der Waals surface area contributed by atoms with Crippen molar-refractivity contribution in [3.63, 3.8) is 0 Å². The highest BCUT2D eigenvalue weighted by molar-refractivity contribution is 5.16. The maximum atomic E-state index is 8.73. The van der Waals surface area contributed by atoms with Crippen molar-refractivity contribution in [3.05, 3.63) is 23.8 Å². The summed E-state index contributed by atoms with van der Waals surface area (Å²) in [7, 11) is 2.12. The van der Waals surface area contributed by atoms with Gasteiger partial charge in [0.2, 0.25) is 5.82 Å². The average Bonchev–Trinajstić information content (AvgIpc) is 2.29. The molecule has 1 aliphatic rings. The van der Waals surface area contributed by atoms with Crippen LogP contribution in [0.15, 0.2) is 12.3 Å². The summed E-state index contributed by atoms with van der Waals surface area (Å²) >= 11 is 0. The minimum absolute atomic E-state index is 0.278. The predicted octanol–water partition coefficient (Wildman–Crippen LogP) is 1.16. The van der Waals surface area contributed by atoms with E-state index in [1.54, 1.807) is 6.20 Å². The molecule has 0 N–H and O–H groups in total. The van der Waals surface area contributed by atoms with Gasteiger partial charge in [0.15, 0.2) is 0 Å². The zero-order valence-electron chi connectivity index (χ0n) is 8.85. The molecule has 2 rings (SSSR count). The largest absolute Gasteiger partial charge is 0.306 e. The van der Waals surface area contributed by atoms with Crippen molar-refractivity contribution >= 4 is 0 Å². The molecular formula is C11H14N4. The Morgan fingerprint density at radius 3 is 3.20 bits per heavy atom. The Kier molecular flexibility index (Phi) is 2.93. The second-order valence-electron chi connectivity index (χ2n) is 4.02. The Bertz CT molecular complexity index is 382. The number of piperidine rings is 1. The van der Waals surface area contributed by atoms with E-state index in [2.05, 4.69) is 21.9 Å². The van der Waals surface area contributed by atoms with Crippen molar-refractivity contribution in [3.8, 4) is 6.07 Å². The summed E-state index contributed by atoms with van der Waals surface area (Å²) in [4.78, 5) is 10.4. The van der Waals surface area contributed by atoms with E-state index in [1.807, 2.05) is 12.1 Å². The van der Waals surface area contributed by atoms with Crippen molar-refractivity contribution < 1.29 is 0 Å². The van der Waals surface area contributed by atoms with Gasteiger partial charge in [0.1, 0.15) is 6.07 Å². The van der Waals surface area contributed by atoms with Crippen LogP contribution in [-0.2, 0) is 0 Å². The Balaban J connectivity index is 2.18. The lowest BCUT2D eigenvalue weighted by Crippen LogP contribution is -2.31. The monoisotopic (exact) mass is 202 g/mol. The van der Waals surface area contributed by atoms with Gasteiger partial charge in [-0.25, -0.2) is 9.97 Å². The Morgan fingerprint density at radius 2 is 2.47 bits per heavy atom. The third kappa shape index (κ3) is 2.31. The number of nitriles is 1. The quantitative estimate of drug-likeness (QED) is 0.685. The minimum atomic E-state index is 0.278. The van der Waals surface area contributed by atoms with Gasteiger partial charge >= 0.3 is 0 Å². The molecule has 2 heterocycles. The molecule has 1 aromatic heterocycles. The zero-order chi connectivity index (χ0) is 10.7. The average molecular weight is 202 g/mol. The Morgan fingerprint density at radius 1 is 1.60 bits per heavy atom. The number of rotatable bonds is 1. The van der Waals surface area contributed by atoms with Crippen molar-refractivity contribution in [2.75, 3.05) is 20.1 Å². The van der Waals surface area contributed by atoms with E-state index in [9.17, 15) is 0 Å². The molecule has 0 bridgehead atoms. The van der Waals surface area contributed by atoms with Crippen molar-refractivity contribution in [2.45, 2.75) is 18.8 Å². The van der Waals surface area contributed by atoms with E-state index in [0.717, 1.165) is 25.2 Å². The predicted molar refractivity (Wildman–Crippen MR) is 56.2 cm³/mol. The minimum Gasteiger partial charge on any atom is -0.306 e. The number of aromatic nitrogens is 2. The maximum Gasteiger partial charge on any atom is 0.232 e. The molecular weight excluding hydrogens is 188 g/mol. The van der Waals surface area contributed by atoms with Crippen molar-refractivity contribution in [1.82, 2.24) is 14.9 Å². The summed E-state index contributed by atoms with van der Waals surface area (Å²) in [5, 5.41) is 8.73. The fourth-order valence-corrected chi connectivity index (χ4v) is 2.06. The third-order valence-corrected chi connectivity index (χ3v) is 2.82. The Hall–Kier alpha value is -1.47. The van der Waals surface area contributed by atoms with E-state index in [4.69, 9.17) is 5.26 Å². The van der Waals surface area contributed by atoms with Gasteiger partial charge in [-0.1, -0.05) is 0 Å². The number of likely N-dealkylation sites (tertiary alicyclic amines) is 1. The van der Waals surface area contributed by atoms with Crippen LogP contribution in [0.1, 0.15) is 30.3 Å². The van der Waals surface area contributed by atoms with Crippen LogP contribution in [0, 0.1) is 11.3 Å². The molecule has 0 amide bonds. The van der Waals surface area contributed by atoms with Crippen LogP contribution in [0.2, 0.25) is 0 Å². The summed E-state index contributed by atoms with van der Waals surface area (Å²) < 4.78 is 0. The van der Waals surface area contributed by atoms with Crippen LogP contribution >= 0.6 is 0 Å².